The van der Waals surface area contributed by atoms with E-state index < -0.39 is 18.6 Å². The number of alkyl halides is 3. The lowest BCUT2D eigenvalue weighted by molar-refractivity contribution is -0.144. The van der Waals surface area contributed by atoms with Crippen molar-refractivity contribution < 1.29 is 17.9 Å². The molecule has 1 aliphatic rings. The number of rotatable bonds is 6. The highest BCUT2D eigenvalue weighted by atomic mass is 35.5. The van der Waals surface area contributed by atoms with Crippen LogP contribution in [0.5, 0.6) is 0 Å². The van der Waals surface area contributed by atoms with Crippen LogP contribution in [0.1, 0.15) is 23.6 Å². The summed E-state index contributed by atoms with van der Waals surface area (Å²) in [6.07, 6.45) is -3.22. The molecule has 2 aromatic rings. The van der Waals surface area contributed by atoms with Crippen LogP contribution in [-0.4, -0.2) is 25.2 Å². The zero-order chi connectivity index (χ0) is 19.4. The first kappa shape index (κ1) is 19.9. The van der Waals surface area contributed by atoms with Crippen molar-refractivity contribution in [1.29, 1.82) is 0 Å². The molecule has 0 aromatic heterocycles. The molecule has 146 valence electrons. The first-order valence-corrected chi connectivity index (χ1v) is 9.00. The minimum Gasteiger partial charge on any atom is -0.370 e. The third kappa shape index (κ3) is 5.59. The van der Waals surface area contributed by atoms with Crippen molar-refractivity contribution in [2.75, 3.05) is 11.9 Å². The number of anilines is 1. The largest absolute Gasteiger partial charge is 0.412 e. The van der Waals surface area contributed by atoms with Crippen molar-refractivity contribution in [3.05, 3.63) is 64.7 Å². The lowest BCUT2D eigenvalue weighted by Crippen LogP contribution is -2.36. The van der Waals surface area contributed by atoms with Gasteiger partial charge in [-0.05, 0) is 48.2 Å². The zero-order valence-electron chi connectivity index (χ0n) is 14.5. The van der Waals surface area contributed by atoms with Crippen LogP contribution in [0.25, 0.3) is 0 Å². The van der Waals surface area contributed by atoms with Crippen LogP contribution in [0.3, 0.4) is 0 Å². The molecule has 3 atom stereocenters. The molecule has 0 spiro atoms. The number of nitrogens with two attached hydrogens (primary N) is 1. The molecule has 0 amide bonds. The van der Waals surface area contributed by atoms with E-state index in [1.54, 1.807) is 12.1 Å². The van der Waals surface area contributed by atoms with E-state index >= 15 is 0 Å². The van der Waals surface area contributed by atoms with Crippen LogP contribution in [0.15, 0.2) is 48.5 Å². The monoisotopic (exact) mass is 399 g/mol. The zero-order valence-corrected chi connectivity index (χ0v) is 15.2. The van der Waals surface area contributed by atoms with Gasteiger partial charge in [-0.1, -0.05) is 35.9 Å². The van der Waals surface area contributed by atoms with Gasteiger partial charge < -0.3 is 10.1 Å². The molecule has 4 nitrogen and oxygen atoms in total. The van der Waals surface area contributed by atoms with E-state index in [4.69, 9.17) is 22.1 Å². The van der Waals surface area contributed by atoms with Crippen LogP contribution in [0.4, 0.5) is 18.9 Å². The summed E-state index contributed by atoms with van der Waals surface area (Å²) >= 11 is 5.77. The first-order valence-electron chi connectivity index (χ1n) is 8.62. The molecular weight excluding hydrogens is 379 g/mol. The Bertz CT molecular complexity index is 737. The first-order chi connectivity index (χ1) is 12.8. The number of aryl methyl sites for hydroxylation is 1. The molecule has 2 aromatic carbocycles. The Morgan fingerprint density at radius 2 is 1.81 bits per heavy atom. The molecular formula is C19H21ClF3N3O. The second kappa shape index (κ2) is 8.48. The van der Waals surface area contributed by atoms with E-state index in [-0.39, 0.29) is 11.6 Å². The van der Waals surface area contributed by atoms with Crippen molar-refractivity contribution in [3.63, 3.8) is 0 Å². The number of halogens is 4. The maximum atomic E-state index is 13.5. The van der Waals surface area contributed by atoms with Crippen molar-refractivity contribution in [2.45, 2.75) is 37.5 Å². The Morgan fingerprint density at radius 1 is 1.15 bits per heavy atom. The molecule has 1 fully saturated rings. The minimum absolute atomic E-state index is 0.111. The summed E-state index contributed by atoms with van der Waals surface area (Å²) in [5.74, 6) is 0. The normalized spacial score (nSPS) is 21.2. The molecule has 1 saturated heterocycles. The summed E-state index contributed by atoms with van der Waals surface area (Å²) in [5, 5.41) is 6.07. The van der Waals surface area contributed by atoms with Gasteiger partial charge in [0.15, 0.2) is 6.35 Å². The van der Waals surface area contributed by atoms with E-state index in [0.29, 0.717) is 17.3 Å². The van der Waals surface area contributed by atoms with Gasteiger partial charge in [0.25, 0.3) is 0 Å². The van der Waals surface area contributed by atoms with Crippen molar-refractivity contribution >= 4 is 17.3 Å². The number of ether oxygens (including phenoxy) is 1. The minimum atomic E-state index is -4.43. The molecule has 1 heterocycles. The Balaban J connectivity index is 1.63. The lowest BCUT2D eigenvalue weighted by Gasteiger charge is -2.23. The fourth-order valence-electron chi connectivity index (χ4n) is 3.00. The predicted molar refractivity (Wildman–Crippen MR) is 99.5 cm³/mol. The molecule has 0 radical (unpaired) electrons. The highest BCUT2D eigenvalue weighted by Gasteiger charge is 2.40. The fraction of sp³-hybridized carbons (Fsp3) is 0.368. The summed E-state index contributed by atoms with van der Waals surface area (Å²) in [5.41, 5.74) is 7.16. The van der Waals surface area contributed by atoms with E-state index in [1.807, 2.05) is 12.1 Å². The van der Waals surface area contributed by atoms with E-state index in [1.165, 1.54) is 24.3 Å². The summed E-state index contributed by atoms with van der Waals surface area (Å²) in [6, 6.07) is 11.0. The quantitative estimate of drug-likeness (QED) is 0.680. The van der Waals surface area contributed by atoms with Crippen molar-refractivity contribution in [1.82, 2.24) is 5.32 Å². The summed E-state index contributed by atoms with van der Waals surface area (Å²) in [6.45, 7) is 0.565. The summed E-state index contributed by atoms with van der Waals surface area (Å²) in [4.78, 5) is 0. The number of nitrogens with one attached hydrogen (secondary N) is 2. The molecule has 1 aliphatic heterocycles. The van der Waals surface area contributed by atoms with Gasteiger partial charge in [0, 0.05) is 16.8 Å². The molecule has 3 rings (SSSR count). The van der Waals surface area contributed by atoms with Gasteiger partial charge in [0.1, 0.15) is 6.04 Å². The second-order valence-electron chi connectivity index (χ2n) is 6.52. The van der Waals surface area contributed by atoms with Crippen LogP contribution >= 0.6 is 11.6 Å². The number of hydrogen-bond acceptors (Lipinski definition) is 4. The molecule has 0 bridgehead atoms. The Morgan fingerprint density at radius 3 is 2.37 bits per heavy atom. The van der Waals surface area contributed by atoms with Crippen LogP contribution in [-0.2, 0) is 11.2 Å². The van der Waals surface area contributed by atoms with Crippen LogP contribution in [0.2, 0.25) is 5.02 Å². The molecule has 27 heavy (non-hydrogen) atoms. The SMILES string of the molecule is NC1N[C@@H](CCc2ccc(N[C@H](c3ccc(Cl)cc3)C(F)(F)F)cc2)CO1. The standard InChI is InChI=1S/C19H21ClF3N3O/c20-14-6-4-13(5-7-14)17(19(21,22)23)25-15-8-1-12(2-9-15)3-10-16-11-27-18(24)26-16/h1-2,4-9,16-18,25-26H,3,10-11,24H2/t16-,17+,18?/m0/s1. The van der Waals surface area contributed by atoms with Crippen molar-refractivity contribution in [3.8, 4) is 0 Å². The predicted octanol–water partition coefficient (Wildman–Crippen LogP) is 4.22. The average Bonchev–Trinajstić information content (AvgIpc) is 3.04. The second-order valence-corrected chi connectivity index (χ2v) is 6.96. The molecule has 0 saturated carbocycles. The number of hydrogen-bond donors (Lipinski definition) is 3. The highest BCUT2D eigenvalue weighted by Crippen LogP contribution is 2.36. The third-order valence-corrected chi connectivity index (χ3v) is 4.71. The van der Waals surface area contributed by atoms with Gasteiger partial charge in [0.2, 0.25) is 0 Å². The molecule has 8 heteroatoms. The summed E-state index contributed by atoms with van der Waals surface area (Å²) < 4.78 is 45.7. The van der Waals surface area contributed by atoms with Gasteiger partial charge in [-0.3, -0.25) is 11.1 Å². The number of benzene rings is 2. The maximum absolute atomic E-state index is 13.5. The van der Waals surface area contributed by atoms with Crippen molar-refractivity contribution in [2.24, 2.45) is 5.73 Å². The van der Waals surface area contributed by atoms with Gasteiger partial charge >= 0.3 is 6.18 Å². The van der Waals surface area contributed by atoms with Gasteiger partial charge in [-0.25, -0.2) is 0 Å². The Kier molecular flexibility index (Phi) is 6.26. The maximum Gasteiger partial charge on any atom is 0.412 e. The average molecular weight is 400 g/mol. The fourth-order valence-corrected chi connectivity index (χ4v) is 3.13. The van der Waals surface area contributed by atoms with Crippen LogP contribution < -0.4 is 16.4 Å². The Hall–Kier alpha value is -1.80. The highest BCUT2D eigenvalue weighted by molar-refractivity contribution is 6.30. The van der Waals surface area contributed by atoms with E-state index in [9.17, 15) is 13.2 Å². The molecule has 4 N–H and O–H groups in total. The van der Waals surface area contributed by atoms with E-state index in [2.05, 4.69) is 10.6 Å². The van der Waals surface area contributed by atoms with Crippen LogP contribution in [0, 0.1) is 0 Å². The van der Waals surface area contributed by atoms with E-state index in [0.717, 1.165) is 18.4 Å². The third-order valence-electron chi connectivity index (χ3n) is 4.45. The smallest absolute Gasteiger partial charge is 0.370 e. The topological polar surface area (TPSA) is 59.3 Å². The Labute approximate surface area is 160 Å². The van der Waals surface area contributed by atoms with Gasteiger partial charge in [0.05, 0.1) is 6.61 Å². The molecule has 1 unspecified atom stereocenters. The van der Waals surface area contributed by atoms with Gasteiger partial charge in [-0.2, -0.15) is 13.2 Å². The molecule has 0 aliphatic carbocycles. The summed E-state index contributed by atoms with van der Waals surface area (Å²) in [7, 11) is 0. The van der Waals surface area contributed by atoms with Gasteiger partial charge in [-0.15, -0.1) is 0 Å². The lowest BCUT2D eigenvalue weighted by atomic mass is 10.0.